The summed E-state index contributed by atoms with van der Waals surface area (Å²) in [6, 6.07) is 7.80. The Kier molecular flexibility index (Phi) is 6.02. The monoisotopic (exact) mass is 292 g/mol. The summed E-state index contributed by atoms with van der Waals surface area (Å²) in [7, 11) is 1.67. The third-order valence-electron chi connectivity index (χ3n) is 3.74. The van der Waals surface area contributed by atoms with E-state index in [0.29, 0.717) is 13.2 Å². The molecule has 0 spiro atoms. The number of hydrogen-bond donors (Lipinski definition) is 2. The van der Waals surface area contributed by atoms with E-state index < -0.39 is 0 Å². The second-order valence-corrected chi connectivity index (χ2v) is 5.37. The van der Waals surface area contributed by atoms with Crippen molar-refractivity contribution in [3.63, 3.8) is 0 Å². The van der Waals surface area contributed by atoms with Crippen LogP contribution in [-0.4, -0.2) is 31.9 Å². The molecule has 1 fully saturated rings. The summed E-state index contributed by atoms with van der Waals surface area (Å²) in [6.07, 6.45) is 2.22. The van der Waals surface area contributed by atoms with Crippen LogP contribution in [0.3, 0.4) is 0 Å². The van der Waals surface area contributed by atoms with E-state index in [1.165, 1.54) is 0 Å². The Hall–Kier alpha value is -1.59. The molecule has 5 nitrogen and oxygen atoms in total. The van der Waals surface area contributed by atoms with E-state index >= 15 is 0 Å². The summed E-state index contributed by atoms with van der Waals surface area (Å²) >= 11 is 0. The molecule has 1 aliphatic rings. The van der Waals surface area contributed by atoms with E-state index in [4.69, 9.17) is 9.47 Å². The van der Waals surface area contributed by atoms with Crippen molar-refractivity contribution < 1.29 is 14.3 Å². The van der Waals surface area contributed by atoms with Crippen LogP contribution in [0.15, 0.2) is 24.3 Å². The van der Waals surface area contributed by atoms with E-state index in [2.05, 4.69) is 10.6 Å². The van der Waals surface area contributed by atoms with Crippen LogP contribution < -0.4 is 10.6 Å². The third-order valence-corrected chi connectivity index (χ3v) is 3.74. The Balaban J connectivity index is 1.80. The van der Waals surface area contributed by atoms with Gasteiger partial charge >= 0.3 is 6.03 Å². The molecule has 0 aliphatic carbocycles. The zero-order valence-electron chi connectivity index (χ0n) is 12.7. The van der Waals surface area contributed by atoms with Crippen LogP contribution in [0.4, 0.5) is 4.79 Å². The lowest BCUT2D eigenvalue weighted by Crippen LogP contribution is -2.45. The summed E-state index contributed by atoms with van der Waals surface area (Å²) in [6.45, 7) is 3.81. The second-order valence-electron chi connectivity index (χ2n) is 5.37. The van der Waals surface area contributed by atoms with Gasteiger partial charge in [0.15, 0.2) is 0 Å². The van der Waals surface area contributed by atoms with Gasteiger partial charge in [-0.25, -0.2) is 4.79 Å². The smallest absolute Gasteiger partial charge is 0.315 e. The molecule has 0 bridgehead atoms. The molecule has 0 saturated carbocycles. The van der Waals surface area contributed by atoms with Gasteiger partial charge in [-0.2, -0.15) is 0 Å². The first-order chi connectivity index (χ1) is 10.2. The first kappa shape index (κ1) is 15.8. The highest BCUT2D eigenvalue weighted by Gasteiger charge is 2.23. The Morgan fingerprint density at radius 2 is 2.19 bits per heavy atom. The maximum atomic E-state index is 11.9. The van der Waals surface area contributed by atoms with Crippen LogP contribution >= 0.6 is 0 Å². The zero-order valence-corrected chi connectivity index (χ0v) is 12.7. The minimum atomic E-state index is -0.162. The number of nitrogens with one attached hydrogen (secondary N) is 2. The van der Waals surface area contributed by atoms with Crippen LogP contribution in [0, 0.1) is 0 Å². The van der Waals surface area contributed by atoms with Crippen LogP contribution in [0.1, 0.15) is 30.9 Å². The van der Waals surface area contributed by atoms with Crippen LogP contribution in [0.2, 0.25) is 0 Å². The fourth-order valence-corrected chi connectivity index (χ4v) is 2.55. The number of amides is 2. The lowest BCUT2D eigenvalue weighted by atomic mass is 10.1. The lowest BCUT2D eigenvalue weighted by Gasteiger charge is -2.20. The van der Waals surface area contributed by atoms with Crippen LogP contribution in [0.5, 0.6) is 0 Å². The van der Waals surface area contributed by atoms with Gasteiger partial charge in [0.05, 0.1) is 18.8 Å². The molecule has 116 valence electrons. The summed E-state index contributed by atoms with van der Waals surface area (Å²) in [5.74, 6) is 0. The maximum absolute atomic E-state index is 11.9. The average molecular weight is 292 g/mol. The summed E-state index contributed by atoms with van der Waals surface area (Å²) in [5.41, 5.74) is 2.16. The predicted molar refractivity (Wildman–Crippen MR) is 81.0 cm³/mol. The molecule has 2 amide bonds. The molecule has 2 unspecified atom stereocenters. The van der Waals surface area contributed by atoms with Crippen molar-refractivity contribution in [3.05, 3.63) is 35.4 Å². The fourth-order valence-electron chi connectivity index (χ4n) is 2.55. The molecule has 21 heavy (non-hydrogen) atoms. The number of carbonyl (C=O) groups excluding carboxylic acids is 1. The zero-order chi connectivity index (χ0) is 15.1. The largest absolute Gasteiger partial charge is 0.380 e. The molecule has 1 heterocycles. The number of ether oxygens (including phenoxy) is 2. The number of methoxy groups -OCH3 is 1. The number of rotatable bonds is 6. The van der Waals surface area contributed by atoms with Crippen molar-refractivity contribution in [1.82, 2.24) is 10.6 Å². The highest BCUT2D eigenvalue weighted by atomic mass is 16.5. The summed E-state index contributed by atoms with van der Waals surface area (Å²) in [4.78, 5) is 11.9. The van der Waals surface area contributed by atoms with Crippen molar-refractivity contribution >= 4 is 6.03 Å². The first-order valence-corrected chi connectivity index (χ1v) is 7.42. The molecule has 0 radical (unpaired) electrons. The Bertz CT molecular complexity index is 459. The molecular weight excluding hydrogens is 268 g/mol. The molecule has 0 aromatic heterocycles. The highest BCUT2D eigenvalue weighted by Crippen LogP contribution is 2.15. The van der Waals surface area contributed by atoms with Gasteiger partial charge in [0, 0.05) is 20.3 Å². The average Bonchev–Trinajstić information content (AvgIpc) is 3.01. The van der Waals surface area contributed by atoms with Gasteiger partial charge in [-0.1, -0.05) is 24.3 Å². The van der Waals surface area contributed by atoms with E-state index in [9.17, 15) is 4.79 Å². The number of carbonyl (C=O) groups is 1. The van der Waals surface area contributed by atoms with Gasteiger partial charge < -0.3 is 20.1 Å². The van der Waals surface area contributed by atoms with Crippen LogP contribution in [-0.2, 0) is 22.6 Å². The van der Waals surface area contributed by atoms with Gasteiger partial charge in [0.25, 0.3) is 0 Å². The lowest BCUT2D eigenvalue weighted by molar-refractivity contribution is 0.0860. The molecule has 1 aromatic carbocycles. The number of urea groups is 1. The minimum Gasteiger partial charge on any atom is -0.380 e. The standard InChI is InChI=1S/C16H24N2O3/c1-12(15-8-5-9-21-15)18-16(19)17-10-13-6-3-4-7-14(13)11-20-2/h3-4,6-7,12,15H,5,8-11H2,1-2H3,(H2,17,18,19). The molecule has 1 aromatic rings. The third kappa shape index (κ3) is 4.72. The van der Waals surface area contributed by atoms with Crippen molar-refractivity contribution in [1.29, 1.82) is 0 Å². The molecule has 2 N–H and O–H groups in total. The van der Waals surface area contributed by atoms with Gasteiger partial charge in [0.2, 0.25) is 0 Å². The molecule has 2 atom stereocenters. The number of hydrogen-bond acceptors (Lipinski definition) is 3. The topological polar surface area (TPSA) is 59.6 Å². The van der Waals surface area contributed by atoms with Crippen molar-refractivity contribution in [2.75, 3.05) is 13.7 Å². The molecule has 1 aliphatic heterocycles. The first-order valence-electron chi connectivity index (χ1n) is 7.42. The SMILES string of the molecule is COCc1ccccc1CNC(=O)NC(C)C1CCCO1. The van der Waals surface area contributed by atoms with E-state index in [-0.39, 0.29) is 18.2 Å². The van der Waals surface area contributed by atoms with Gasteiger partial charge in [-0.15, -0.1) is 0 Å². The quantitative estimate of drug-likeness (QED) is 0.845. The Morgan fingerprint density at radius 1 is 1.43 bits per heavy atom. The van der Waals surface area contributed by atoms with Crippen molar-refractivity contribution in [2.45, 2.75) is 45.1 Å². The highest BCUT2D eigenvalue weighted by molar-refractivity contribution is 5.74. The van der Waals surface area contributed by atoms with E-state index in [0.717, 1.165) is 30.6 Å². The predicted octanol–water partition coefficient (Wildman–Crippen LogP) is 2.20. The molecular formula is C16H24N2O3. The van der Waals surface area contributed by atoms with Crippen molar-refractivity contribution in [2.24, 2.45) is 0 Å². The summed E-state index contributed by atoms with van der Waals surface area (Å²) < 4.78 is 10.7. The van der Waals surface area contributed by atoms with Gasteiger partial charge in [0.1, 0.15) is 0 Å². The maximum Gasteiger partial charge on any atom is 0.315 e. The molecule has 1 saturated heterocycles. The Morgan fingerprint density at radius 3 is 2.86 bits per heavy atom. The number of benzene rings is 1. The van der Waals surface area contributed by atoms with Gasteiger partial charge in [-0.05, 0) is 30.9 Å². The van der Waals surface area contributed by atoms with E-state index in [1.807, 2.05) is 31.2 Å². The van der Waals surface area contributed by atoms with Crippen LogP contribution in [0.25, 0.3) is 0 Å². The molecule has 2 rings (SSSR count). The Labute approximate surface area is 126 Å². The van der Waals surface area contributed by atoms with Gasteiger partial charge in [-0.3, -0.25) is 0 Å². The normalized spacial score (nSPS) is 19.2. The summed E-state index contributed by atoms with van der Waals surface area (Å²) in [5, 5.41) is 5.83. The fraction of sp³-hybridized carbons (Fsp3) is 0.562. The second kappa shape index (κ2) is 8.00. The molecule has 5 heteroatoms. The minimum absolute atomic E-state index is 0.0294. The van der Waals surface area contributed by atoms with E-state index in [1.54, 1.807) is 7.11 Å². The van der Waals surface area contributed by atoms with Crippen molar-refractivity contribution in [3.8, 4) is 0 Å².